The van der Waals surface area contributed by atoms with E-state index in [-0.39, 0.29) is 5.91 Å². The lowest BCUT2D eigenvalue weighted by molar-refractivity contribution is -0.114. The minimum Gasteiger partial charge on any atom is -0.423 e. The minimum atomic E-state index is -0.399. The minimum absolute atomic E-state index is 0.149. The Morgan fingerprint density at radius 1 is 0.846 bits per heavy atom. The molecule has 0 atom stereocenters. The fourth-order valence-corrected chi connectivity index (χ4v) is 2.66. The van der Waals surface area contributed by atoms with Gasteiger partial charge in [0, 0.05) is 12.6 Å². The Balaban J connectivity index is 1.75. The Morgan fingerprint density at radius 2 is 1.50 bits per heavy atom. The molecule has 0 saturated heterocycles. The average Bonchev–Trinajstić information content (AvgIpc) is 2.64. The third kappa shape index (κ3) is 4.57. The summed E-state index contributed by atoms with van der Waals surface area (Å²) in [6.07, 6.45) is 0.660. The monoisotopic (exact) mass is 345 g/mol. The molecule has 4 heteroatoms. The topological polar surface area (TPSA) is 55.4 Å². The van der Waals surface area contributed by atoms with E-state index in [9.17, 15) is 9.59 Å². The predicted molar refractivity (Wildman–Crippen MR) is 101 cm³/mol. The first kappa shape index (κ1) is 17.4. The van der Waals surface area contributed by atoms with Crippen LogP contribution in [0.15, 0.2) is 78.9 Å². The number of nitrogens with one attached hydrogen (secondary N) is 1. The van der Waals surface area contributed by atoms with Gasteiger partial charge in [-0.1, -0.05) is 48.5 Å². The van der Waals surface area contributed by atoms with Crippen molar-refractivity contribution in [1.82, 2.24) is 0 Å². The number of anilines is 1. The molecule has 0 spiro atoms. The number of amides is 1. The third-order valence-corrected chi connectivity index (χ3v) is 3.86. The summed E-state index contributed by atoms with van der Waals surface area (Å²) < 4.78 is 5.49. The van der Waals surface area contributed by atoms with E-state index < -0.39 is 5.97 Å². The third-order valence-electron chi connectivity index (χ3n) is 3.86. The van der Waals surface area contributed by atoms with Gasteiger partial charge in [0.15, 0.2) is 0 Å². The lowest BCUT2D eigenvalue weighted by Crippen LogP contribution is -2.12. The Bertz CT molecular complexity index is 902. The lowest BCUT2D eigenvalue weighted by atomic mass is 10.00. The Morgan fingerprint density at radius 3 is 2.19 bits per heavy atom. The molecule has 0 unspecified atom stereocenters. The van der Waals surface area contributed by atoms with Gasteiger partial charge in [-0.2, -0.15) is 0 Å². The molecule has 3 aromatic carbocycles. The van der Waals surface area contributed by atoms with Gasteiger partial charge in [-0.05, 0) is 47.9 Å². The maximum absolute atomic E-state index is 12.6. The van der Waals surface area contributed by atoms with Crippen molar-refractivity contribution in [1.29, 1.82) is 0 Å². The van der Waals surface area contributed by atoms with Crippen molar-refractivity contribution in [3.63, 3.8) is 0 Å². The van der Waals surface area contributed by atoms with Crippen molar-refractivity contribution >= 4 is 17.6 Å². The highest BCUT2D eigenvalue weighted by atomic mass is 16.5. The van der Waals surface area contributed by atoms with E-state index in [1.807, 2.05) is 48.5 Å². The van der Waals surface area contributed by atoms with Gasteiger partial charge < -0.3 is 10.1 Å². The van der Waals surface area contributed by atoms with Gasteiger partial charge in [0.05, 0.1) is 5.56 Å². The van der Waals surface area contributed by atoms with Crippen molar-refractivity contribution in [2.75, 3.05) is 5.32 Å². The van der Waals surface area contributed by atoms with Crippen LogP contribution in [-0.2, 0) is 11.2 Å². The molecule has 26 heavy (non-hydrogen) atoms. The molecule has 0 aliphatic rings. The van der Waals surface area contributed by atoms with E-state index in [1.54, 1.807) is 30.3 Å². The zero-order valence-corrected chi connectivity index (χ0v) is 14.4. The zero-order chi connectivity index (χ0) is 18.4. The Labute approximate surface area is 152 Å². The van der Waals surface area contributed by atoms with Gasteiger partial charge >= 0.3 is 5.97 Å². The van der Waals surface area contributed by atoms with Gasteiger partial charge in [-0.3, -0.25) is 4.79 Å². The average molecular weight is 345 g/mol. The second kappa shape index (κ2) is 8.12. The van der Waals surface area contributed by atoms with E-state index in [1.165, 1.54) is 6.92 Å². The van der Waals surface area contributed by atoms with E-state index in [0.717, 1.165) is 11.1 Å². The predicted octanol–water partition coefficient (Wildman–Crippen LogP) is 4.46. The molecule has 0 aromatic heterocycles. The van der Waals surface area contributed by atoms with Gasteiger partial charge in [0.1, 0.15) is 5.75 Å². The SMILES string of the molecule is CC(=O)Nc1ccc(OC(=O)c2ccccc2Cc2ccccc2)cc1. The summed E-state index contributed by atoms with van der Waals surface area (Å²) in [5.74, 6) is -0.119. The van der Waals surface area contributed by atoms with Gasteiger partial charge in [0.25, 0.3) is 0 Å². The summed E-state index contributed by atoms with van der Waals surface area (Å²) in [6.45, 7) is 1.44. The molecule has 0 aliphatic carbocycles. The lowest BCUT2D eigenvalue weighted by Gasteiger charge is -2.10. The first-order valence-electron chi connectivity index (χ1n) is 8.33. The Kier molecular flexibility index (Phi) is 5.44. The van der Waals surface area contributed by atoms with Crippen LogP contribution >= 0.6 is 0 Å². The van der Waals surface area contributed by atoms with Crippen molar-refractivity contribution in [3.8, 4) is 5.75 Å². The molecular weight excluding hydrogens is 326 g/mol. The molecule has 3 rings (SSSR count). The number of carbonyl (C=O) groups excluding carboxylic acids is 2. The summed E-state index contributed by atoms with van der Waals surface area (Å²) in [4.78, 5) is 23.6. The molecule has 4 nitrogen and oxygen atoms in total. The highest BCUT2D eigenvalue weighted by Gasteiger charge is 2.13. The molecule has 0 fully saturated rings. The molecular formula is C22H19NO3. The summed E-state index contributed by atoms with van der Waals surface area (Å²) in [7, 11) is 0. The van der Waals surface area contributed by atoms with Crippen LogP contribution in [0.2, 0.25) is 0 Å². The zero-order valence-electron chi connectivity index (χ0n) is 14.4. The van der Waals surface area contributed by atoms with Crippen LogP contribution in [0.5, 0.6) is 5.75 Å². The fraction of sp³-hybridized carbons (Fsp3) is 0.0909. The number of esters is 1. The normalized spacial score (nSPS) is 10.2. The molecule has 0 heterocycles. The number of rotatable bonds is 5. The molecule has 3 aromatic rings. The van der Waals surface area contributed by atoms with E-state index in [0.29, 0.717) is 23.4 Å². The van der Waals surface area contributed by atoms with Crippen LogP contribution in [0.4, 0.5) is 5.69 Å². The summed E-state index contributed by atoms with van der Waals surface area (Å²) in [6, 6.07) is 24.1. The van der Waals surface area contributed by atoms with Crippen LogP contribution in [0, 0.1) is 0 Å². The number of carbonyl (C=O) groups is 2. The van der Waals surface area contributed by atoms with Crippen LogP contribution < -0.4 is 10.1 Å². The van der Waals surface area contributed by atoms with E-state index in [4.69, 9.17) is 4.74 Å². The largest absolute Gasteiger partial charge is 0.423 e. The molecule has 0 bridgehead atoms. The van der Waals surface area contributed by atoms with E-state index in [2.05, 4.69) is 5.32 Å². The molecule has 0 aliphatic heterocycles. The maximum atomic E-state index is 12.6. The van der Waals surface area contributed by atoms with Crippen molar-refractivity contribution in [2.24, 2.45) is 0 Å². The molecule has 1 N–H and O–H groups in total. The summed E-state index contributed by atoms with van der Waals surface area (Å²) >= 11 is 0. The summed E-state index contributed by atoms with van der Waals surface area (Å²) in [5.41, 5.74) is 3.25. The number of benzene rings is 3. The highest BCUT2D eigenvalue weighted by Crippen LogP contribution is 2.20. The second-order valence-electron chi connectivity index (χ2n) is 5.91. The molecule has 0 saturated carbocycles. The van der Waals surface area contributed by atoms with Gasteiger partial charge in [-0.25, -0.2) is 4.79 Å². The number of hydrogen-bond acceptors (Lipinski definition) is 3. The van der Waals surface area contributed by atoms with Crippen molar-refractivity contribution in [2.45, 2.75) is 13.3 Å². The quantitative estimate of drug-likeness (QED) is 0.549. The first-order valence-corrected chi connectivity index (χ1v) is 8.33. The van der Waals surface area contributed by atoms with Gasteiger partial charge in [-0.15, -0.1) is 0 Å². The number of ether oxygens (including phenoxy) is 1. The maximum Gasteiger partial charge on any atom is 0.343 e. The van der Waals surface area contributed by atoms with Crippen molar-refractivity contribution in [3.05, 3.63) is 95.6 Å². The fourth-order valence-electron chi connectivity index (χ4n) is 2.66. The van der Waals surface area contributed by atoms with Crippen LogP contribution in [-0.4, -0.2) is 11.9 Å². The number of hydrogen-bond donors (Lipinski definition) is 1. The Hall–Kier alpha value is -3.40. The van der Waals surface area contributed by atoms with Crippen LogP contribution in [0.3, 0.4) is 0 Å². The highest BCUT2D eigenvalue weighted by molar-refractivity contribution is 5.93. The standard InChI is InChI=1S/C22H19NO3/c1-16(24)23-19-11-13-20(14-12-19)26-22(25)21-10-6-5-9-18(21)15-17-7-3-2-4-8-17/h2-14H,15H2,1H3,(H,23,24). The molecule has 1 amide bonds. The smallest absolute Gasteiger partial charge is 0.343 e. The molecule has 130 valence electrons. The summed E-state index contributed by atoms with van der Waals surface area (Å²) in [5, 5.41) is 2.67. The second-order valence-corrected chi connectivity index (χ2v) is 5.91. The first-order chi connectivity index (χ1) is 12.6. The van der Waals surface area contributed by atoms with Crippen molar-refractivity contribution < 1.29 is 14.3 Å². The van der Waals surface area contributed by atoms with Crippen LogP contribution in [0.1, 0.15) is 28.4 Å². The van der Waals surface area contributed by atoms with Gasteiger partial charge in [0.2, 0.25) is 5.91 Å². The van der Waals surface area contributed by atoms with Crippen LogP contribution in [0.25, 0.3) is 0 Å². The molecule has 0 radical (unpaired) electrons. The van der Waals surface area contributed by atoms with E-state index >= 15 is 0 Å².